The van der Waals surface area contributed by atoms with Gasteiger partial charge in [0.2, 0.25) is 11.8 Å². The van der Waals surface area contributed by atoms with Gasteiger partial charge in [-0.1, -0.05) is 51.1 Å². The molecule has 0 radical (unpaired) electrons. The van der Waals surface area contributed by atoms with Gasteiger partial charge in [0, 0.05) is 32.0 Å². The zero-order valence-electron chi connectivity index (χ0n) is 14.5. The maximum Gasteiger partial charge on any atom is 0.223 e. The fraction of sp³-hybridized carbons (Fsp3) is 0.579. The lowest BCUT2D eigenvalue weighted by Gasteiger charge is -2.33. The Bertz CT molecular complexity index is 526. The zero-order valence-corrected chi connectivity index (χ0v) is 14.5. The number of carbonyl (C=O) groups is 2. The Morgan fingerprint density at radius 1 is 1.13 bits per heavy atom. The van der Waals surface area contributed by atoms with Crippen molar-refractivity contribution in [2.75, 3.05) is 13.1 Å². The molecule has 126 valence electrons. The molecule has 0 saturated carbocycles. The highest BCUT2D eigenvalue weighted by Crippen LogP contribution is 2.23. The molecule has 0 bridgehead atoms. The lowest BCUT2D eigenvalue weighted by atomic mass is 9.90. The van der Waals surface area contributed by atoms with E-state index in [1.807, 2.05) is 35.2 Å². The van der Waals surface area contributed by atoms with Crippen LogP contribution in [0.3, 0.4) is 0 Å². The highest BCUT2D eigenvalue weighted by atomic mass is 16.2. The average Bonchev–Trinajstić information content (AvgIpc) is 2.52. The molecule has 0 aliphatic carbocycles. The van der Waals surface area contributed by atoms with Crippen LogP contribution in [0, 0.1) is 11.3 Å². The molecular formula is C19H28N2O2. The summed E-state index contributed by atoms with van der Waals surface area (Å²) in [6.45, 7) is 8.19. The van der Waals surface area contributed by atoms with Gasteiger partial charge < -0.3 is 10.2 Å². The fourth-order valence-corrected chi connectivity index (χ4v) is 2.89. The third-order valence-electron chi connectivity index (χ3n) is 4.21. The Morgan fingerprint density at radius 3 is 2.30 bits per heavy atom. The summed E-state index contributed by atoms with van der Waals surface area (Å²) < 4.78 is 0. The van der Waals surface area contributed by atoms with Crippen LogP contribution >= 0.6 is 0 Å². The lowest BCUT2D eigenvalue weighted by molar-refractivity contribution is -0.137. The molecule has 0 unspecified atom stereocenters. The normalized spacial score (nSPS) is 16.2. The number of nitrogens with one attached hydrogen (secondary N) is 1. The van der Waals surface area contributed by atoms with Crippen LogP contribution in [0.4, 0.5) is 0 Å². The van der Waals surface area contributed by atoms with Crippen LogP contribution in [-0.4, -0.2) is 29.8 Å². The van der Waals surface area contributed by atoms with Crippen molar-refractivity contribution >= 4 is 11.8 Å². The smallest absolute Gasteiger partial charge is 0.223 e. The maximum atomic E-state index is 12.3. The summed E-state index contributed by atoms with van der Waals surface area (Å²) in [6.07, 6.45) is 2.09. The third-order valence-corrected chi connectivity index (χ3v) is 4.21. The Morgan fingerprint density at radius 2 is 1.74 bits per heavy atom. The van der Waals surface area contributed by atoms with Gasteiger partial charge in [0.25, 0.3) is 0 Å². The molecule has 1 heterocycles. The highest BCUT2D eigenvalue weighted by Gasteiger charge is 2.28. The van der Waals surface area contributed by atoms with Gasteiger partial charge in [-0.25, -0.2) is 0 Å². The summed E-state index contributed by atoms with van der Waals surface area (Å²) in [5.74, 6) is 0.342. The van der Waals surface area contributed by atoms with Crippen molar-refractivity contribution in [1.82, 2.24) is 10.2 Å². The van der Waals surface area contributed by atoms with E-state index >= 15 is 0 Å². The average molecular weight is 316 g/mol. The summed E-state index contributed by atoms with van der Waals surface area (Å²) in [5, 5.41) is 3.01. The number of piperidine rings is 1. The van der Waals surface area contributed by atoms with Gasteiger partial charge in [0.1, 0.15) is 0 Å². The molecule has 1 fully saturated rings. The van der Waals surface area contributed by atoms with Gasteiger partial charge >= 0.3 is 0 Å². The number of hydrogen-bond acceptors (Lipinski definition) is 2. The van der Waals surface area contributed by atoms with Gasteiger partial charge in [-0.3, -0.25) is 9.59 Å². The molecule has 4 heteroatoms. The number of nitrogens with zero attached hydrogens (tertiary/aromatic N) is 1. The molecule has 0 spiro atoms. The number of amides is 2. The van der Waals surface area contributed by atoms with E-state index in [0.717, 1.165) is 18.4 Å². The first-order valence-electron chi connectivity index (χ1n) is 8.44. The number of hydrogen-bond donors (Lipinski definition) is 1. The molecule has 2 amide bonds. The van der Waals surface area contributed by atoms with Gasteiger partial charge in [-0.15, -0.1) is 0 Å². The predicted molar refractivity (Wildman–Crippen MR) is 91.7 cm³/mol. The molecule has 1 aromatic rings. The molecule has 1 saturated heterocycles. The van der Waals surface area contributed by atoms with Gasteiger partial charge in [0.15, 0.2) is 0 Å². The topological polar surface area (TPSA) is 49.4 Å². The summed E-state index contributed by atoms with van der Waals surface area (Å²) in [6, 6.07) is 9.93. The minimum atomic E-state index is 0.0149. The van der Waals surface area contributed by atoms with Crippen LogP contribution in [0.5, 0.6) is 0 Å². The third kappa shape index (κ3) is 5.70. The molecule has 0 atom stereocenters. The minimum Gasteiger partial charge on any atom is -0.352 e. The lowest BCUT2D eigenvalue weighted by Crippen LogP contribution is -2.43. The molecule has 1 aliphatic heterocycles. The van der Waals surface area contributed by atoms with Crippen molar-refractivity contribution in [3.8, 4) is 0 Å². The Balaban J connectivity index is 1.75. The molecule has 1 aromatic carbocycles. The van der Waals surface area contributed by atoms with E-state index in [9.17, 15) is 9.59 Å². The van der Waals surface area contributed by atoms with E-state index in [1.165, 1.54) is 0 Å². The second-order valence-corrected chi connectivity index (χ2v) is 7.60. The largest absolute Gasteiger partial charge is 0.352 e. The Labute approximate surface area is 139 Å². The first-order valence-corrected chi connectivity index (χ1v) is 8.44. The van der Waals surface area contributed by atoms with Crippen molar-refractivity contribution in [3.05, 3.63) is 35.9 Å². The van der Waals surface area contributed by atoms with Crippen molar-refractivity contribution in [1.29, 1.82) is 0 Å². The van der Waals surface area contributed by atoms with E-state index in [-0.39, 0.29) is 23.1 Å². The van der Waals surface area contributed by atoms with E-state index in [4.69, 9.17) is 0 Å². The predicted octanol–water partition coefficient (Wildman–Crippen LogP) is 2.98. The molecule has 4 nitrogen and oxygen atoms in total. The van der Waals surface area contributed by atoms with E-state index < -0.39 is 0 Å². The highest BCUT2D eigenvalue weighted by molar-refractivity contribution is 5.80. The number of carbonyl (C=O) groups excluding carboxylic acids is 2. The second kappa shape index (κ2) is 7.62. The first kappa shape index (κ1) is 17.5. The zero-order chi connectivity index (χ0) is 16.9. The number of likely N-dealkylation sites (tertiary alicyclic amines) is 1. The Kier molecular flexibility index (Phi) is 5.80. The SMILES string of the molecule is CC(C)(C)CC(=O)N1CCC(C(=O)NCc2ccccc2)CC1. The van der Waals surface area contributed by atoms with Crippen LogP contribution < -0.4 is 5.32 Å². The summed E-state index contributed by atoms with van der Waals surface area (Å²) in [7, 11) is 0. The van der Waals surface area contributed by atoms with E-state index in [0.29, 0.717) is 26.1 Å². The molecule has 2 rings (SSSR count). The van der Waals surface area contributed by atoms with Crippen LogP contribution in [0.25, 0.3) is 0 Å². The summed E-state index contributed by atoms with van der Waals surface area (Å²) >= 11 is 0. The van der Waals surface area contributed by atoms with Crippen molar-refractivity contribution in [2.24, 2.45) is 11.3 Å². The second-order valence-electron chi connectivity index (χ2n) is 7.60. The van der Waals surface area contributed by atoms with Crippen LogP contribution in [-0.2, 0) is 16.1 Å². The maximum absolute atomic E-state index is 12.3. The van der Waals surface area contributed by atoms with E-state index in [1.54, 1.807) is 0 Å². The van der Waals surface area contributed by atoms with Crippen molar-refractivity contribution in [3.63, 3.8) is 0 Å². The standard InChI is InChI=1S/C19H28N2O2/c1-19(2,3)13-17(22)21-11-9-16(10-12-21)18(23)20-14-15-7-5-4-6-8-15/h4-8,16H,9-14H2,1-3H3,(H,20,23). The summed E-state index contributed by atoms with van der Waals surface area (Å²) in [5.41, 5.74) is 1.12. The van der Waals surface area contributed by atoms with Crippen LogP contribution in [0.15, 0.2) is 30.3 Å². The number of benzene rings is 1. The quantitative estimate of drug-likeness (QED) is 0.928. The van der Waals surface area contributed by atoms with Gasteiger partial charge in [0.05, 0.1) is 0 Å². The molecular weight excluding hydrogens is 288 g/mol. The fourth-order valence-electron chi connectivity index (χ4n) is 2.89. The summed E-state index contributed by atoms with van der Waals surface area (Å²) in [4.78, 5) is 26.4. The van der Waals surface area contributed by atoms with Crippen LogP contribution in [0.2, 0.25) is 0 Å². The van der Waals surface area contributed by atoms with Crippen LogP contribution in [0.1, 0.15) is 45.6 Å². The van der Waals surface area contributed by atoms with E-state index in [2.05, 4.69) is 26.1 Å². The Hall–Kier alpha value is -1.84. The van der Waals surface area contributed by atoms with Crippen molar-refractivity contribution < 1.29 is 9.59 Å². The van der Waals surface area contributed by atoms with Crippen molar-refractivity contribution in [2.45, 2.75) is 46.6 Å². The number of rotatable bonds is 4. The molecule has 23 heavy (non-hydrogen) atoms. The molecule has 1 N–H and O–H groups in total. The van der Waals surface area contributed by atoms with Gasteiger partial charge in [-0.05, 0) is 23.8 Å². The minimum absolute atomic E-state index is 0.0149. The molecule has 1 aliphatic rings. The molecule has 0 aromatic heterocycles. The van der Waals surface area contributed by atoms with Gasteiger partial charge in [-0.2, -0.15) is 0 Å². The first-order chi connectivity index (χ1) is 10.8. The monoisotopic (exact) mass is 316 g/mol.